The van der Waals surface area contributed by atoms with Crippen LogP contribution in [0.1, 0.15) is 38.5 Å². The lowest BCUT2D eigenvalue weighted by molar-refractivity contribution is -0.121. The Morgan fingerprint density at radius 1 is 1.12 bits per heavy atom. The zero-order valence-electron chi connectivity index (χ0n) is 14.6. The molecular weight excluding hydrogens is 356 g/mol. The van der Waals surface area contributed by atoms with Crippen molar-refractivity contribution in [1.82, 2.24) is 4.72 Å². The predicted octanol–water partition coefficient (Wildman–Crippen LogP) is 1.82. The molecule has 3 fully saturated rings. The Kier molecular flexibility index (Phi) is 4.27. The van der Waals surface area contributed by atoms with E-state index in [0.717, 1.165) is 24.2 Å². The van der Waals surface area contributed by atoms with E-state index in [-0.39, 0.29) is 41.3 Å². The standard InChI is InChI=1S/C18H22N2O5S/c1-25-16-5-4-13(10-15(16)20-17(21)6-7-18(20)22)26(23,24)19-14-9-11-2-3-12(14)8-11/h4-5,10-12,14,19H,2-3,6-9H2,1H3/t11-,12-,14-/m1/s1. The van der Waals surface area contributed by atoms with E-state index in [2.05, 4.69) is 4.72 Å². The summed E-state index contributed by atoms with van der Waals surface area (Å²) in [5.41, 5.74) is 0.191. The Hall–Kier alpha value is -1.93. The number of carbonyl (C=O) groups excluding carboxylic acids is 2. The summed E-state index contributed by atoms with van der Waals surface area (Å²) in [5.74, 6) is 0.647. The number of hydrogen-bond acceptors (Lipinski definition) is 5. The Morgan fingerprint density at radius 2 is 1.85 bits per heavy atom. The molecule has 2 bridgehead atoms. The van der Waals surface area contributed by atoms with Crippen molar-refractivity contribution in [2.45, 2.75) is 49.5 Å². The highest BCUT2D eigenvalue weighted by atomic mass is 32.2. The van der Waals surface area contributed by atoms with Gasteiger partial charge in [-0.3, -0.25) is 9.59 Å². The molecule has 140 valence electrons. The lowest BCUT2D eigenvalue weighted by Crippen LogP contribution is -2.38. The molecule has 2 aliphatic carbocycles. The van der Waals surface area contributed by atoms with Crippen molar-refractivity contribution in [3.63, 3.8) is 0 Å². The largest absolute Gasteiger partial charge is 0.495 e. The third-order valence-corrected chi connectivity index (χ3v) is 7.29. The molecule has 8 heteroatoms. The van der Waals surface area contributed by atoms with Crippen LogP contribution in [0, 0.1) is 11.8 Å². The molecule has 1 aromatic carbocycles. The van der Waals surface area contributed by atoms with Crippen LogP contribution in [0.4, 0.5) is 5.69 Å². The minimum absolute atomic E-state index is 0.0284. The van der Waals surface area contributed by atoms with Gasteiger partial charge in [0.05, 0.1) is 17.7 Å². The van der Waals surface area contributed by atoms with Crippen molar-refractivity contribution < 1.29 is 22.7 Å². The zero-order chi connectivity index (χ0) is 18.5. The molecule has 1 saturated heterocycles. The molecule has 4 rings (SSSR count). The fourth-order valence-corrected chi connectivity index (χ4v) is 5.85. The SMILES string of the molecule is COc1ccc(S(=O)(=O)N[C@@H]2C[C@@H]3CC[C@@H]2C3)cc1N1C(=O)CCC1=O. The summed E-state index contributed by atoms with van der Waals surface area (Å²) in [4.78, 5) is 25.2. The van der Waals surface area contributed by atoms with Crippen LogP contribution < -0.4 is 14.4 Å². The predicted molar refractivity (Wildman–Crippen MR) is 94.3 cm³/mol. The number of carbonyl (C=O) groups is 2. The highest BCUT2D eigenvalue weighted by Gasteiger charge is 2.41. The lowest BCUT2D eigenvalue weighted by Gasteiger charge is -2.23. The summed E-state index contributed by atoms with van der Waals surface area (Å²) in [5, 5.41) is 0. The number of ether oxygens (including phenoxy) is 1. The number of nitrogens with zero attached hydrogens (tertiary/aromatic N) is 1. The maximum absolute atomic E-state index is 12.9. The number of anilines is 1. The van der Waals surface area contributed by atoms with Crippen molar-refractivity contribution in [1.29, 1.82) is 0 Å². The van der Waals surface area contributed by atoms with Gasteiger partial charge in [0.1, 0.15) is 5.75 Å². The minimum Gasteiger partial charge on any atom is -0.495 e. The molecular formula is C18H22N2O5S. The fraction of sp³-hybridized carbons (Fsp3) is 0.556. The van der Waals surface area contributed by atoms with E-state index in [1.54, 1.807) is 0 Å². The number of hydrogen-bond donors (Lipinski definition) is 1. The maximum Gasteiger partial charge on any atom is 0.240 e. The van der Waals surface area contributed by atoms with Crippen molar-refractivity contribution in [3.8, 4) is 5.75 Å². The van der Waals surface area contributed by atoms with Crippen LogP contribution in [-0.4, -0.2) is 33.4 Å². The van der Waals surface area contributed by atoms with Crippen molar-refractivity contribution in [2.24, 2.45) is 11.8 Å². The Morgan fingerprint density at radius 3 is 2.42 bits per heavy atom. The molecule has 3 atom stereocenters. The van der Waals surface area contributed by atoms with Crippen LogP contribution >= 0.6 is 0 Å². The first kappa shape index (κ1) is 17.5. The van der Waals surface area contributed by atoms with E-state index in [4.69, 9.17) is 4.74 Å². The first-order valence-electron chi connectivity index (χ1n) is 8.95. The molecule has 3 aliphatic rings. The topological polar surface area (TPSA) is 92.8 Å². The average Bonchev–Trinajstić information content (AvgIpc) is 3.30. The van der Waals surface area contributed by atoms with Crippen LogP contribution in [0.25, 0.3) is 0 Å². The molecule has 7 nitrogen and oxygen atoms in total. The molecule has 2 amide bonds. The number of amides is 2. The Balaban J connectivity index is 1.65. The first-order valence-corrected chi connectivity index (χ1v) is 10.4. The number of nitrogens with one attached hydrogen (secondary N) is 1. The number of benzene rings is 1. The maximum atomic E-state index is 12.9. The van der Waals surface area contributed by atoms with E-state index >= 15 is 0 Å². The van der Waals surface area contributed by atoms with Gasteiger partial charge in [0, 0.05) is 18.9 Å². The molecule has 1 heterocycles. The average molecular weight is 378 g/mol. The van der Waals surface area contributed by atoms with E-state index in [1.165, 1.54) is 31.7 Å². The Bertz CT molecular complexity index is 850. The monoisotopic (exact) mass is 378 g/mol. The van der Waals surface area contributed by atoms with Gasteiger partial charge in [-0.1, -0.05) is 6.42 Å². The van der Waals surface area contributed by atoms with Crippen molar-refractivity contribution >= 4 is 27.5 Å². The van der Waals surface area contributed by atoms with Gasteiger partial charge in [0.15, 0.2) is 0 Å². The second kappa shape index (κ2) is 6.35. The van der Waals surface area contributed by atoms with Gasteiger partial charge in [0.25, 0.3) is 0 Å². The van der Waals surface area contributed by atoms with E-state index in [9.17, 15) is 18.0 Å². The first-order chi connectivity index (χ1) is 12.4. The number of rotatable bonds is 5. The molecule has 0 unspecified atom stereocenters. The number of imide groups is 1. The van der Waals surface area contributed by atoms with Crippen LogP contribution in [0.3, 0.4) is 0 Å². The zero-order valence-corrected chi connectivity index (χ0v) is 15.4. The smallest absolute Gasteiger partial charge is 0.240 e. The quantitative estimate of drug-likeness (QED) is 0.789. The summed E-state index contributed by atoms with van der Waals surface area (Å²) in [6, 6.07) is 4.27. The van der Waals surface area contributed by atoms with Gasteiger partial charge in [-0.05, 0) is 49.3 Å². The van der Waals surface area contributed by atoms with Crippen LogP contribution in [0.15, 0.2) is 23.1 Å². The molecule has 2 saturated carbocycles. The van der Waals surface area contributed by atoms with E-state index < -0.39 is 10.0 Å². The van der Waals surface area contributed by atoms with Crippen LogP contribution in [0.5, 0.6) is 5.75 Å². The number of methoxy groups -OCH3 is 1. The number of sulfonamides is 1. The van der Waals surface area contributed by atoms with Crippen molar-refractivity contribution in [2.75, 3.05) is 12.0 Å². The second-order valence-electron chi connectivity index (χ2n) is 7.36. The van der Waals surface area contributed by atoms with Crippen LogP contribution in [-0.2, 0) is 19.6 Å². The van der Waals surface area contributed by atoms with Gasteiger partial charge in [-0.2, -0.15) is 0 Å². The van der Waals surface area contributed by atoms with Crippen LogP contribution in [0.2, 0.25) is 0 Å². The molecule has 0 spiro atoms. The summed E-state index contributed by atoms with van der Waals surface area (Å²) >= 11 is 0. The second-order valence-corrected chi connectivity index (χ2v) is 9.07. The summed E-state index contributed by atoms with van der Waals surface area (Å²) in [6.45, 7) is 0. The third-order valence-electron chi connectivity index (χ3n) is 5.80. The molecule has 1 aliphatic heterocycles. The fourth-order valence-electron chi connectivity index (χ4n) is 4.51. The van der Waals surface area contributed by atoms with Crippen molar-refractivity contribution in [3.05, 3.63) is 18.2 Å². The molecule has 1 aromatic rings. The normalized spacial score (nSPS) is 28.2. The Labute approximate surface area is 152 Å². The van der Waals surface area contributed by atoms with Gasteiger partial charge in [0.2, 0.25) is 21.8 Å². The third kappa shape index (κ3) is 2.91. The van der Waals surface area contributed by atoms with Gasteiger partial charge >= 0.3 is 0 Å². The number of fused-ring (bicyclic) bond motifs is 2. The van der Waals surface area contributed by atoms with E-state index in [1.807, 2.05) is 0 Å². The van der Waals surface area contributed by atoms with Gasteiger partial charge < -0.3 is 4.74 Å². The molecule has 1 N–H and O–H groups in total. The molecule has 26 heavy (non-hydrogen) atoms. The van der Waals surface area contributed by atoms with Gasteiger partial charge in [-0.15, -0.1) is 0 Å². The van der Waals surface area contributed by atoms with E-state index in [0.29, 0.717) is 17.6 Å². The lowest BCUT2D eigenvalue weighted by atomic mass is 9.96. The summed E-state index contributed by atoms with van der Waals surface area (Å²) in [6.07, 6.45) is 4.50. The summed E-state index contributed by atoms with van der Waals surface area (Å²) < 4.78 is 33.8. The highest BCUT2D eigenvalue weighted by Crippen LogP contribution is 2.45. The minimum atomic E-state index is -3.73. The van der Waals surface area contributed by atoms with Gasteiger partial charge in [-0.25, -0.2) is 18.0 Å². The summed E-state index contributed by atoms with van der Waals surface area (Å²) in [7, 11) is -2.31. The molecule has 0 radical (unpaired) electrons. The highest BCUT2D eigenvalue weighted by molar-refractivity contribution is 7.89. The molecule has 0 aromatic heterocycles.